The summed E-state index contributed by atoms with van der Waals surface area (Å²) in [6.07, 6.45) is 10.2. The Bertz CT molecular complexity index is 275. The molecule has 1 saturated carbocycles. The highest BCUT2D eigenvalue weighted by Crippen LogP contribution is 2.44. The highest BCUT2D eigenvalue weighted by molar-refractivity contribution is 9.09. The number of rotatable bonds is 3. The fourth-order valence-corrected chi connectivity index (χ4v) is 3.09. The number of imidazole rings is 1. The number of halogens is 1. The molecular formula is C11H17BrN2. The van der Waals surface area contributed by atoms with Crippen molar-refractivity contribution in [1.82, 2.24) is 9.97 Å². The van der Waals surface area contributed by atoms with E-state index in [-0.39, 0.29) is 0 Å². The van der Waals surface area contributed by atoms with Crippen LogP contribution in [0.5, 0.6) is 0 Å². The molecular weight excluding hydrogens is 240 g/mol. The molecule has 1 aliphatic carbocycles. The summed E-state index contributed by atoms with van der Waals surface area (Å²) in [5, 5.41) is 0. The third kappa shape index (κ3) is 2.02. The van der Waals surface area contributed by atoms with E-state index in [1.54, 1.807) is 0 Å². The molecule has 1 heterocycles. The van der Waals surface area contributed by atoms with Gasteiger partial charge in [0.05, 0.1) is 0 Å². The summed E-state index contributed by atoms with van der Waals surface area (Å²) >= 11 is 3.82. The fraction of sp³-hybridized carbons (Fsp3) is 0.727. The summed E-state index contributed by atoms with van der Waals surface area (Å²) in [5.74, 6) is 1.10. The van der Waals surface area contributed by atoms with Crippen LogP contribution in [-0.4, -0.2) is 14.8 Å². The quantitative estimate of drug-likeness (QED) is 0.827. The Morgan fingerprint density at radius 2 is 2.29 bits per heavy atom. The van der Waals surface area contributed by atoms with E-state index < -0.39 is 0 Å². The van der Waals surface area contributed by atoms with Gasteiger partial charge in [0.15, 0.2) is 0 Å². The molecule has 78 valence electrons. The summed E-state index contributed by atoms with van der Waals surface area (Å²) in [6.45, 7) is 2.39. The number of nitrogens with one attached hydrogen (secondary N) is 1. The molecule has 14 heavy (non-hydrogen) atoms. The van der Waals surface area contributed by atoms with E-state index in [9.17, 15) is 0 Å². The zero-order valence-corrected chi connectivity index (χ0v) is 10.2. The Morgan fingerprint density at radius 1 is 1.57 bits per heavy atom. The Labute approximate surface area is 93.6 Å². The third-order valence-corrected chi connectivity index (χ3v) is 4.86. The van der Waals surface area contributed by atoms with Crippen LogP contribution in [0, 0.1) is 5.41 Å². The maximum Gasteiger partial charge on any atom is 0.107 e. The lowest BCUT2D eigenvalue weighted by atomic mass is 9.83. The molecule has 1 unspecified atom stereocenters. The van der Waals surface area contributed by atoms with Gasteiger partial charge in [0, 0.05) is 23.6 Å². The van der Waals surface area contributed by atoms with E-state index in [1.807, 2.05) is 12.4 Å². The van der Waals surface area contributed by atoms with Crippen LogP contribution in [0.2, 0.25) is 0 Å². The molecule has 0 radical (unpaired) electrons. The molecule has 1 aromatic rings. The Morgan fingerprint density at radius 3 is 2.86 bits per heavy atom. The van der Waals surface area contributed by atoms with Gasteiger partial charge in [0.2, 0.25) is 0 Å². The topological polar surface area (TPSA) is 28.7 Å². The van der Waals surface area contributed by atoms with Gasteiger partial charge >= 0.3 is 0 Å². The maximum atomic E-state index is 4.27. The molecule has 0 aliphatic heterocycles. The van der Waals surface area contributed by atoms with Crippen molar-refractivity contribution in [2.45, 2.75) is 43.9 Å². The summed E-state index contributed by atoms with van der Waals surface area (Å²) in [7, 11) is 0. The van der Waals surface area contributed by atoms with Gasteiger partial charge in [0.1, 0.15) is 5.82 Å². The van der Waals surface area contributed by atoms with Crippen molar-refractivity contribution in [1.29, 1.82) is 0 Å². The first kappa shape index (κ1) is 10.2. The number of H-pyrrole nitrogens is 1. The van der Waals surface area contributed by atoms with Crippen LogP contribution in [0.4, 0.5) is 0 Å². The van der Waals surface area contributed by atoms with Crippen molar-refractivity contribution in [2.24, 2.45) is 5.41 Å². The minimum Gasteiger partial charge on any atom is -0.349 e. The lowest BCUT2D eigenvalue weighted by molar-refractivity contribution is 0.323. The highest BCUT2D eigenvalue weighted by atomic mass is 79.9. The lowest BCUT2D eigenvalue weighted by Crippen LogP contribution is -2.26. The highest BCUT2D eigenvalue weighted by Gasteiger charge is 2.35. The molecule has 1 aliphatic rings. The van der Waals surface area contributed by atoms with Gasteiger partial charge in [-0.05, 0) is 18.3 Å². The summed E-state index contributed by atoms with van der Waals surface area (Å²) in [4.78, 5) is 8.00. The second-order valence-electron chi connectivity index (χ2n) is 4.57. The number of alkyl halides is 1. The summed E-state index contributed by atoms with van der Waals surface area (Å²) < 4.78 is 0. The molecule has 0 aromatic carbocycles. The first-order valence-electron chi connectivity index (χ1n) is 5.33. The molecule has 2 nitrogen and oxygen atoms in total. The molecule has 0 spiro atoms. The van der Waals surface area contributed by atoms with Crippen LogP contribution in [0.1, 0.15) is 38.4 Å². The average Bonchev–Trinajstić information content (AvgIpc) is 2.76. The van der Waals surface area contributed by atoms with Crippen molar-refractivity contribution < 1.29 is 0 Å². The van der Waals surface area contributed by atoms with Crippen LogP contribution in [-0.2, 0) is 6.42 Å². The number of hydrogen-bond acceptors (Lipinski definition) is 1. The van der Waals surface area contributed by atoms with E-state index in [0.717, 1.165) is 12.2 Å². The van der Waals surface area contributed by atoms with Crippen LogP contribution in [0.3, 0.4) is 0 Å². The first-order chi connectivity index (χ1) is 6.71. The van der Waals surface area contributed by atoms with Gasteiger partial charge in [-0.2, -0.15) is 0 Å². The Hall–Kier alpha value is -0.310. The number of aromatic amines is 1. The average molecular weight is 257 g/mol. The normalized spacial score (nSPS) is 22.4. The molecule has 1 fully saturated rings. The fourth-order valence-electron chi connectivity index (χ4n) is 2.32. The molecule has 1 aromatic heterocycles. The monoisotopic (exact) mass is 256 g/mol. The second-order valence-corrected chi connectivity index (χ2v) is 5.67. The Kier molecular flexibility index (Phi) is 2.96. The van der Waals surface area contributed by atoms with E-state index in [4.69, 9.17) is 0 Å². The van der Waals surface area contributed by atoms with Gasteiger partial charge in [-0.3, -0.25) is 0 Å². The zero-order chi connectivity index (χ0) is 10.0. The van der Waals surface area contributed by atoms with Gasteiger partial charge in [-0.25, -0.2) is 4.98 Å². The van der Waals surface area contributed by atoms with Gasteiger partial charge < -0.3 is 4.98 Å². The summed E-state index contributed by atoms with van der Waals surface area (Å²) in [5.41, 5.74) is 0.479. The number of hydrogen-bond donors (Lipinski definition) is 1. The van der Waals surface area contributed by atoms with Gasteiger partial charge in [-0.1, -0.05) is 35.7 Å². The van der Waals surface area contributed by atoms with Crippen LogP contribution >= 0.6 is 15.9 Å². The second kappa shape index (κ2) is 4.05. The van der Waals surface area contributed by atoms with Gasteiger partial charge in [0.25, 0.3) is 0 Å². The molecule has 0 bridgehead atoms. The van der Waals surface area contributed by atoms with Gasteiger partial charge in [-0.15, -0.1) is 0 Å². The molecule has 1 atom stereocenters. The molecule has 0 saturated heterocycles. The molecule has 2 rings (SSSR count). The molecule has 0 amide bonds. The van der Waals surface area contributed by atoms with E-state index in [1.165, 1.54) is 25.7 Å². The van der Waals surface area contributed by atoms with Crippen LogP contribution in [0.25, 0.3) is 0 Å². The minimum atomic E-state index is 0.479. The predicted molar refractivity (Wildman–Crippen MR) is 61.6 cm³/mol. The molecule has 3 heteroatoms. The van der Waals surface area contributed by atoms with Crippen molar-refractivity contribution in [3.05, 3.63) is 18.2 Å². The minimum absolute atomic E-state index is 0.479. The Balaban J connectivity index is 1.98. The largest absolute Gasteiger partial charge is 0.349 e. The predicted octanol–water partition coefficient (Wildman–Crippen LogP) is 3.30. The standard InChI is InChI=1S/C11H17BrN2/c1-11(4-2-3-5-11)9(12)8-10-13-6-7-14-10/h6-7,9H,2-5,8H2,1H3,(H,13,14). The van der Waals surface area contributed by atoms with Crippen molar-refractivity contribution >= 4 is 15.9 Å². The number of nitrogens with zero attached hydrogens (tertiary/aromatic N) is 1. The lowest BCUT2D eigenvalue weighted by Gasteiger charge is -2.29. The SMILES string of the molecule is CC1(C(Br)Cc2ncc[nH]2)CCCC1. The van der Waals surface area contributed by atoms with E-state index >= 15 is 0 Å². The van der Waals surface area contributed by atoms with Crippen LogP contribution < -0.4 is 0 Å². The van der Waals surface area contributed by atoms with Crippen LogP contribution in [0.15, 0.2) is 12.4 Å². The molecule has 1 N–H and O–H groups in total. The summed E-state index contributed by atoms with van der Waals surface area (Å²) in [6, 6.07) is 0. The zero-order valence-electron chi connectivity index (χ0n) is 8.59. The third-order valence-electron chi connectivity index (χ3n) is 3.43. The van der Waals surface area contributed by atoms with Crippen molar-refractivity contribution in [2.75, 3.05) is 0 Å². The number of aromatic nitrogens is 2. The maximum absolute atomic E-state index is 4.27. The van der Waals surface area contributed by atoms with Crippen molar-refractivity contribution in [3.63, 3.8) is 0 Å². The van der Waals surface area contributed by atoms with E-state index in [2.05, 4.69) is 32.8 Å². The van der Waals surface area contributed by atoms with E-state index in [0.29, 0.717) is 10.2 Å². The smallest absolute Gasteiger partial charge is 0.107 e. The first-order valence-corrected chi connectivity index (χ1v) is 6.25. The van der Waals surface area contributed by atoms with Crippen molar-refractivity contribution in [3.8, 4) is 0 Å².